The molecule has 0 saturated carbocycles. The van der Waals surface area contributed by atoms with Crippen molar-refractivity contribution in [3.8, 4) is 0 Å². The van der Waals surface area contributed by atoms with Crippen LogP contribution in [0.1, 0.15) is 5.82 Å². The minimum absolute atomic E-state index is 0.0287. The van der Waals surface area contributed by atoms with Crippen molar-refractivity contribution in [2.45, 2.75) is 12.5 Å². The van der Waals surface area contributed by atoms with Gasteiger partial charge in [-0.25, -0.2) is 14.6 Å². The number of urea groups is 1. The first-order valence-electron chi connectivity index (χ1n) is 6.02. The van der Waals surface area contributed by atoms with E-state index in [9.17, 15) is 9.59 Å². The van der Waals surface area contributed by atoms with E-state index in [-0.39, 0.29) is 19.2 Å². The summed E-state index contributed by atoms with van der Waals surface area (Å²) in [7, 11) is 0. The van der Waals surface area contributed by atoms with Crippen molar-refractivity contribution < 1.29 is 19.4 Å². The molecule has 2 amide bonds. The fourth-order valence-electron chi connectivity index (χ4n) is 1.88. The molecule has 0 spiro atoms. The van der Waals surface area contributed by atoms with Crippen molar-refractivity contribution >= 4 is 12.0 Å². The lowest BCUT2D eigenvalue weighted by Crippen LogP contribution is -2.55. The number of H-pyrrole nitrogens is 1. The van der Waals surface area contributed by atoms with E-state index in [1.165, 1.54) is 4.90 Å². The van der Waals surface area contributed by atoms with Crippen molar-refractivity contribution in [2.24, 2.45) is 0 Å². The highest BCUT2D eigenvalue weighted by Crippen LogP contribution is 2.07. The van der Waals surface area contributed by atoms with Gasteiger partial charge >= 0.3 is 12.0 Å². The van der Waals surface area contributed by atoms with Crippen LogP contribution in [0.3, 0.4) is 0 Å². The molecule has 1 aromatic rings. The summed E-state index contributed by atoms with van der Waals surface area (Å²) in [5, 5.41) is 11.7. The quantitative estimate of drug-likeness (QED) is 0.679. The van der Waals surface area contributed by atoms with E-state index in [1.807, 2.05) is 0 Å². The molecule has 1 aromatic heterocycles. The molecule has 104 valence electrons. The fraction of sp³-hybridized carbons (Fsp3) is 0.545. The molecule has 2 heterocycles. The maximum atomic E-state index is 11.9. The Morgan fingerprint density at radius 3 is 3.16 bits per heavy atom. The number of aromatic nitrogens is 2. The van der Waals surface area contributed by atoms with Crippen molar-refractivity contribution in [2.75, 3.05) is 26.3 Å². The molecule has 0 aliphatic carbocycles. The number of ether oxygens (including phenoxy) is 1. The number of morpholine rings is 1. The zero-order valence-corrected chi connectivity index (χ0v) is 10.3. The normalized spacial score (nSPS) is 19.2. The summed E-state index contributed by atoms with van der Waals surface area (Å²) in [4.78, 5) is 31.2. The van der Waals surface area contributed by atoms with Gasteiger partial charge in [0.1, 0.15) is 5.82 Å². The Kier molecular flexibility index (Phi) is 4.35. The van der Waals surface area contributed by atoms with Crippen LogP contribution in [0, 0.1) is 0 Å². The molecule has 3 N–H and O–H groups in total. The third-order valence-corrected chi connectivity index (χ3v) is 2.87. The number of rotatable bonds is 4. The average molecular weight is 268 g/mol. The first kappa shape index (κ1) is 13.3. The number of amides is 2. The molecule has 2 rings (SSSR count). The Balaban J connectivity index is 1.82. The van der Waals surface area contributed by atoms with Gasteiger partial charge in [0.25, 0.3) is 0 Å². The molecule has 1 atom stereocenters. The summed E-state index contributed by atoms with van der Waals surface area (Å²) < 4.78 is 5.07. The van der Waals surface area contributed by atoms with Crippen LogP contribution in [-0.4, -0.2) is 64.3 Å². The van der Waals surface area contributed by atoms with E-state index >= 15 is 0 Å². The van der Waals surface area contributed by atoms with Gasteiger partial charge in [-0.15, -0.1) is 0 Å². The van der Waals surface area contributed by atoms with Crippen LogP contribution in [0.5, 0.6) is 0 Å². The number of nitrogens with one attached hydrogen (secondary N) is 2. The van der Waals surface area contributed by atoms with Crippen LogP contribution in [0.4, 0.5) is 4.79 Å². The smallest absolute Gasteiger partial charge is 0.328 e. The number of carbonyl (C=O) groups is 2. The molecule has 19 heavy (non-hydrogen) atoms. The molecule has 1 aliphatic rings. The lowest BCUT2D eigenvalue weighted by Gasteiger charge is -2.32. The Hall–Kier alpha value is -2.09. The van der Waals surface area contributed by atoms with Gasteiger partial charge in [-0.2, -0.15) is 0 Å². The molecule has 1 saturated heterocycles. The molecule has 0 bridgehead atoms. The van der Waals surface area contributed by atoms with Crippen LogP contribution in [-0.2, 0) is 16.0 Å². The highest BCUT2D eigenvalue weighted by Gasteiger charge is 2.32. The monoisotopic (exact) mass is 268 g/mol. The highest BCUT2D eigenvalue weighted by molar-refractivity contribution is 5.82. The molecule has 1 unspecified atom stereocenters. The summed E-state index contributed by atoms with van der Waals surface area (Å²) in [6.07, 6.45) is 3.92. The van der Waals surface area contributed by atoms with E-state index in [0.29, 0.717) is 19.6 Å². The number of carboxylic acid groups (broad SMARTS) is 1. The predicted molar refractivity (Wildman–Crippen MR) is 64.6 cm³/mol. The number of imidazole rings is 1. The van der Waals surface area contributed by atoms with Crippen LogP contribution >= 0.6 is 0 Å². The molecule has 0 radical (unpaired) electrons. The summed E-state index contributed by atoms with van der Waals surface area (Å²) in [5.74, 6) is -0.280. The van der Waals surface area contributed by atoms with Gasteiger partial charge in [-0.05, 0) is 0 Å². The first-order valence-corrected chi connectivity index (χ1v) is 6.02. The number of carboxylic acids is 1. The maximum Gasteiger partial charge on any atom is 0.328 e. The minimum Gasteiger partial charge on any atom is -0.480 e. The van der Waals surface area contributed by atoms with Gasteiger partial charge in [0.05, 0.1) is 13.2 Å². The van der Waals surface area contributed by atoms with Crippen molar-refractivity contribution in [3.63, 3.8) is 0 Å². The Labute approximate surface area is 109 Å². The molecular formula is C11H16N4O4. The van der Waals surface area contributed by atoms with Gasteiger partial charge in [0.2, 0.25) is 0 Å². The average Bonchev–Trinajstić information content (AvgIpc) is 2.91. The second kappa shape index (κ2) is 6.19. The number of carbonyl (C=O) groups excluding carboxylic acids is 1. The molecular weight excluding hydrogens is 252 g/mol. The molecule has 1 fully saturated rings. The van der Waals surface area contributed by atoms with Gasteiger partial charge < -0.3 is 25.0 Å². The number of hydrogen-bond acceptors (Lipinski definition) is 4. The SMILES string of the molecule is O=C(O)C1COCCN1C(=O)NCCc1ncc[nH]1. The lowest BCUT2D eigenvalue weighted by atomic mass is 10.2. The zero-order valence-electron chi connectivity index (χ0n) is 10.3. The van der Waals surface area contributed by atoms with Crippen molar-refractivity contribution in [1.82, 2.24) is 20.2 Å². The third kappa shape index (κ3) is 3.44. The van der Waals surface area contributed by atoms with Gasteiger partial charge in [0.15, 0.2) is 6.04 Å². The summed E-state index contributed by atoms with van der Waals surface area (Å²) in [6, 6.07) is -1.31. The second-order valence-corrected chi connectivity index (χ2v) is 4.14. The number of nitrogens with zero attached hydrogens (tertiary/aromatic N) is 2. The topological polar surface area (TPSA) is 108 Å². The van der Waals surface area contributed by atoms with E-state index in [2.05, 4.69) is 15.3 Å². The van der Waals surface area contributed by atoms with Gasteiger partial charge in [-0.3, -0.25) is 0 Å². The molecule has 0 aromatic carbocycles. The lowest BCUT2D eigenvalue weighted by molar-refractivity contribution is -0.147. The van der Waals surface area contributed by atoms with Crippen LogP contribution in [0.25, 0.3) is 0 Å². The van der Waals surface area contributed by atoms with Gasteiger partial charge in [0, 0.05) is 31.9 Å². The summed E-state index contributed by atoms with van der Waals surface area (Å²) >= 11 is 0. The maximum absolute atomic E-state index is 11.9. The molecule has 8 nitrogen and oxygen atoms in total. The van der Waals surface area contributed by atoms with E-state index in [4.69, 9.17) is 9.84 Å². The van der Waals surface area contributed by atoms with Gasteiger partial charge in [-0.1, -0.05) is 0 Å². The van der Waals surface area contributed by atoms with Crippen molar-refractivity contribution in [1.29, 1.82) is 0 Å². The summed E-state index contributed by atoms with van der Waals surface area (Å²) in [6.45, 7) is 1.07. The molecule has 1 aliphatic heterocycles. The Morgan fingerprint density at radius 2 is 2.47 bits per heavy atom. The van der Waals surface area contributed by atoms with E-state index < -0.39 is 12.0 Å². The number of hydrogen-bond donors (Lipinski definition) is 3. The Bertz CT molecular complexity index is 434. The van der Waals surface area contributed by atoms with Crippen LogP contribution in [0.15, 0.2) is 12.4 Å². The van der Waals surface area contributed by atoms with Crippen LogP contribution < -0.4 is 5.32 Å². The molecule has 8 heteroatoms. The van der Waals surface area contributed by atoms with E-state index in [0.717, 1.165) is 5.82 Å². The number of aliphatic carboxylic acids is 1. The first-order chi connectivity index (χ1) is 9.18. The highest BCUT2D eigenvalue weighted by atomic mass is 16.5. The van der Waals surface area contributed by atoms with Crippen LogP contribution in [0.2, 0.25) is 0 Å². The predicted octanol–water partition coefficient (Wildman–Crippen LogP) is -0.553. The largest absolute Gasteiger partial charge is 0.480 e. The standard InChI is InChI=1S/C11H16N4O4/c16-10(17)8-7-19-6-5-15(8)11(18)14-2-1-9-12-3-4-13-9/h3-4,8H,1-2,5-7H2,(H,12,13)(H,14,18)(H,16,17). The Morgan fingerprint density at radius 1 is 1.63 bits per heavy atom. The minimum atomic E-state index is -1.05. The fourth-order valence-corrected chi connectivity index (χ4v) is 1.88. The number of aromatic amines is 1. The second-order valence-electron chi connectivity index (χ2n) is 4.14. The summed E-state index contributed by atoms with van der Waals surface area (Å²) in [5.41, 5.74) is 0. The van der Waals surface area contributed by atoms with Crippen molar-refractivity contribution in [3.05, 3.63) is 18.2 Å². The van der Waals surface area contributed by atoms with E-state index in [1.54, 1.807) is 12.4 Å². The third-order valence-electron chi connectivity index (χ3n) is 2.87. The zero-order chi connectivity index (χ0) is 13.7.